The molecule has 0 saturated heterocycles. The maximum Gasteiger partial charge on any atom is 0.260 e. The first-order valence-electron chi connectivity index (χ1n) is 5.82. The van der Waals surface area contributed by atoms with Crippen LogP contribution in [0.5, 0.6) is 5.75 Å². The van der Waals surface area contributed by atoms with E-state index in [0.717, 1.165) is 5.56 Å². The normalized spacial score (nSPS) is 12.9. The summed E-state index contributed by atoms with van der Waals surface area (Å²) in [6.07, 6.45) is -0.539. The van der Waals surface area contributed by atoms with Gasteiger partial charge in [0.05, 0.1) is 5.71 Å². The monoisotopic (exact) mass is 250 g/mol. The highest BCUT2D eigenvalue weighted by molar-refractivity contribution is 5.98. The Morgan fingerprint density at radius 1 is 1.44 bits per heavy atom. The van der Waals surface area contributed by atoms with Crippen LogP contribution in [0.4, 0.5) is 0 Å². The van der Waals surface area contributed by atoms with E-state index < -0.39 is 6.10 Å². The molecule has 1 unspecified atom stereocenters. The van der Waals surface area contributed by atoms with Gasteiger partial charge in [-0.05, 0) is 50.6 Å². The van der Waals surface area contributed by atoms with Gasteiger partial charge in [0.2, 0.25) is 0 Å². The van der Waals surface area contributed by atoms with Crippen LogP contribution in [0.2, 0.25) is 0 Å². The van der Waals surface area contributed by atoms with Gasteiger partial charge < -0.3 is 15.3 Å². The van der Waals surface area contributed by atoms with E-state index >= 15 is 0 Å². The molecule has 2 N–H and O–H groups in total. The minimum Gasteiger partial charge on any atom is -0.481 e. The van der Waals surface area contributed by atoms with Crippen molar-refractivity contribution in [3.05, 3.63) is 29.8 Å². The second-order valence-electron chi connectivity index (χ2n) is 3.86. The number of nitrogens with zero attached hydrogens (tertiary/aromatic N) is 1. The predicted molar refractivity (Wildman–Crippen MR) is 69.2 cm³/mol. The highest BCUT2D eigenvalue weighted by atomic mass is 16.5. The fraction of sp³-hybridized carbons (Fsp3) is 0.385. The van der Waals surface area contributed by atoms with Crippen LogP contribution in [-0.2, 0) is 4.79 Å². The van der Waals surface area contributed by atoms with Crippen LogP contribution < -0.4 is 10.1 Å². The molecule has 1 atom stereocenters. The fourth-order valence-electron chi connectivity index (χ4n) is 1.41. The minimum atomic E-state index is -0.539. The molecule has 0 spiro atoms. The van der Waals surface area contributed by atoms with Gasteiger partial charge in [-0.3, -0.25) is 4.79 Å². The quantitative estimate of drug-likeness (QED) is 0.475. The van der Waals surface area contributed by atoms with Gasteiger partial charge in [0.1, 0.15) is 5.75 Å². The highest BCUT2D eigenvalue weighted by Crippen LogP contribution is 2.14. The number of hydrogen-bond donors (Lipinski definition) is 2. The molecule has 0 heterocycles. The third-order valence-electron chi connectivity index (χ3n) is 2.46. The van der Waals surface area contributed by atoms with Crippen LogP contribution in [0.25, 0.3) is 0 Å². The van der Waals surface area contributed by atoms with Crippen LogP contribution in [0.15, 0.2) is 29.4 Å². The standard InChI is InChI=1S/C13H18N2O3/c1-4-14-13(16)10(3)18-12-7-5-11(6-8-12)9(2)15-17/h5-8,10,17H,4H2,1-3H3,(H,14,16)/b15-9+. The van der Waals surface area contributed by atoms with E-state index in [1.165, 1.54) is 0 Å². The summed E-state index contributed by atoms with van der Waals surface area (Å²) in [6, 6.07) is 7.02. The zero-order chi connectivity index (χ0) is 13.5. The van der Waals surface area contributed by atoms with E-state index in [0.29, 0.717) is 18.0 Å². The van der Waals surface area contributed by atoms with Gasteiger partial charge in [0, 0.05) is 6.54 Å². The molecule has 0 radical (unpaired) electrons. The van der Waals surface area contributed by atoms with Crippen LogP contribution in [0.3, 0.4) is 0 Å². The number of hydrogen-bond acceptors (Lipinski definition) is 4. The van der Waals surface area contributed by atoms with E-state index in [4.69, 9.17) is 9.94 Å². The van der Waals surface area contributed by atoms with Crippen molar-refractivity contribution in [2.75, 3.05) is 6.54 Å². The van der Waals surface area contributed by atoms with Gasteiger partial charge in [-0.2, -0.15) is 0 Å². The molecule has 98 valence electrons. The predicted octanol–water partition coefficient (Wildman–Crippen LogP) is 1.79. The van der Waals surface area contributed by atoms with Crippen LogP contribution in [0, 0.1) is 0 Å². The number of oxime groups is 1. The molecule has 1 rings (SSSR count). The molecular weight excluding hydrogens is 232 g/mol. The second kappa shape index (κ2) is 6.64. The molecule has 18 heavy (non-hydrogen) atoms. The first kappa shape index (κ1) is 14.0. The molecule has 1 amide bonds. The Kier molecular flexibility index (Phi) is 5.17. The molecule has 5 nitrogen and oxygen atoms in total. The topological polar surface area (TPSA) is 70.9 Å². The number of rotatable bonds is 5. The Hall–Kier alpha value is -2.04. The van der Waals surface area contributed by atoms with Crippen molar-refractivity contribution in [2.24, 2.45) is 5.16 Å². The van der Waals surface area contributed by atoms with Crippen molar-refractivity contribution < 1.29 is 14.7 Å². The fourth-order valence-corrected chi connectivity index (χ4v) is 1.41. The SMILES string of the molecule is CCNC(=O)C(C)Oc1ccc(/C(C)=N/O)cc1. The van der Waals surface area contributed by atoms with Gasteiger partial charge in [-0.25, -0.2) is 0 Å². The van der Waals surface area contributed by atoms with Crippen LogP contribution in [-0.4, -0.2) is 29.5 Å². The van der Waals surface area contributed by atoms with Gasteiger partial charge in [0.25, 0.3) is 5.91 Å². The van der Waals surface area contributed by atoms with Crippen molar-refractivity contribution in [2.45, 2.75) is 26.9 Å². The van der Waals surface area contributed by atoms with Crippen molar-refractivity contribution in [1.82, 2.24) is 5.32 Å². The molecule has 1 aromatic rings. The zero-order valence-corrected chi connectivity index (χ0v) is 10.8. The van der Waals surface area contributed by atoms with Gasteiger partial charge in [-0.15, -0.1) is 0 Å². The Labute approximate surface area is 106 Å². The largest absolute Gasteiger partial charge is 0.481 e. The summed E-state index contributed by atoms with van der Waals surface area (Å²) in [5.74, 6) is 0.456. The lowest BCUT2D eigenvalue weighted by Gasteiger charge is -2.14. The van der Waals surface area contributed by atoms with Crippen LogP contribution >= 0.6 is 0 Å². The summed E-state index contributed by atoms with van der Waals surface area (Å²) >= 11 is 0. The molecule has 1 aromatic carbocycles. The maximum atomic E-state index is 11.5. The summed E-state index contributed by atoms with van der Waals surface area (Å²) in [4.78, 5) is 11.5. The number of benzene rings is 1. The number of carbonyl (C=O) groups excluding carboxylic acids is 1. The Balaban J connectivity index is 2.66. The van der Waals surface area contributed by atoms with E-state index in [2.05, 4.69) is 10.5 Å². The van der Waals surface area contributed by atoms with Gasteiger partial charge in [-0.1, -0.05) is 5.16 Å². The molecule has 0 saturated carbocycles. The number of amides is 1. The third kappa shape index (κ3) is 3.76. The molecule has 0 bridgehead atoms. The third-order valence-corrected chi connectivity index (χ3v) is 2.46. The number of likely N-dealkylation sites (N-methyl/N-ethyl adjacent to an activating group) is 1. The molecule has 0 aliphatic carbocycles. The Morgan fingerprint density at radius 3 is 2.56 bits per heavy atom. The smallest absolute Gasteiger partial charge is 0.260 e. The van der Waals surface area contributed by atoms with E-state index in [1.54, 1.807) is 38.1 Å². The molecular formula is C13H18N2O3. The van der Waals surface area contributed by atoms with Crippen molar-refractivity contribution in [3.63, 3.8) is 0 Å². The molecule has 0 aliphatic heterocycles. The maximum absolute atomic E-state index is 11.5. The minimum absolute atomic E-state index is 0.144. The lowest BCUT2D eigenvalue weighted by Crippen LogP contribution is -2.36. The number of carbonyl (C=O) groups is 1. The van der Waals surface area contributed by atoms with E-state index in [-0.39, 0.29) is 5.91 Å². The average Bonchev–Trinajstić information content (AvgIpc) is 2.39. The number of ether oxygens (including phenoxy) is 1. The molecule has 0 aromatic heterocycles. The van der Waals surface area contributed by atoms with Crippen molar-refractivity contribution in [3.8, 4) is 5.75 Å². The van der Waals surface area contributed by atoms with Crippen molar-refractivity contribution >= 4 is 11.6 Å². The van der Waals surface area contributed by atoms with Crippen LogP contribution in [0.1, 0.15) is 26.3 Å². The zero-order valence-electron chi connectivity index (χ0n) is 10.8. The lowest BCUT2D eigenvalue weighted by atomic mass is 10.1. The highest BCUT2D eigenvalue weighted by Gasteiger charge is 2.13. The second-order valence-corrected chi connectivity index (χ2v) is 3.86. The Morgan fingerprint density at radius 2 is 2.06 bits per heavy atom. The Bertz CT molecular complexity index is 426. The van der Waals surface area contributed by atoms with E-state index in [1.807, 2.05) is 6.92 Å². The first-order valence-corrected chi connectivity index (χ1v) is 5.82. The summed E-state index contributed by atoms with van der Waals surface area (Å²) in [7, 11) is 0. The summed E-state index contributed by atoms with van der Waals surface area (Å²) in [5.41, 5.74) is 1.33. The molecule has 0 fully saturated rings. The van der Waals surface area contributed by atoms with Gasteiger partial charge >= 0.3 is 0 Å². The number of nitrogens with one attached hydrogen (secondary N) is 1. The summed E-state index contributed by atoms with van der Waals surface area (Å²) < 4.78 is 5.48. The van der Waals surface area contributed by atoms with Crippen molar-refractivity contribution in [1.29, 1.82) is 0 Å². The summed E-state index contributed by atoms with van der Waals surface area (Å²) in [6.45, 7) is 5.83. The lowest BCUT2D eigenvalue weighted by molar-refractivity contribution is -0.127. The van der Waals surface area contributed by atoms with E-state index in [9.17, 15) is 4.79 Å². The molecule has 0 aliphatic rings. The first-order chi connectivity index (χ1) is 8.58. The van der Waals surface area contributed by atoms with Gasteiger partial charge in [0.15, 0.2) is 6.10 Å². The average molecular weight is 250 g/mol. The summed E-state index contributed by atoms with van der Waals surface area (Å²) in [5, 5.41) is 14.4. The molecule has 5 heteroatoms.